The molecule has 0 spiro atoms. The number of carbonyl (C=O) groups is 1. The largest absolute Gasteiger partial charge is 0.481 e. The van der Waals surface area contributed by atoms with Crippen molar-refractivity contribution in [2.24, 2.45) is 57.2 Å². The summed E-state index contributed by atoms with van der Waals surface area (Å²) in [5.41, 5.74) is 5.17. The van der Waals surface area contributed by atoms with Gasteiger partial charge in [0.1, 0.15) is 0 Å². The lowest BCUT2D eigenvalue weighted by Crippen LogP contribution is -2.68. The highest BCUT2D eigenvalue weighted by Gasteiger charge is 2.70. The minimum atomic E-state index is -2.86. The summed E-state index contributed by atoms with van der Waals surface area (Å²) < 4.78 is 24.0. The quantitative estimate of drug-likeness (QED) is 0.269. The third-order valence-electron chi connectivity index (χ3n) is 16.8. The molecule has 2 N–H and O–H groups in total. The van der Waals surface area contributed by atoms with Crippen LogP contribution in [0, 0.1) is 57.2 Å². The summed E-state index contributed by atoms with van der Waals surface area (Å²) in [4.78, 5) is 14.1. The highest BCUT2D eigenvalue weighted by Crippen LogP contribution is 2.76. The summed E-state index contributed by atoms with van der Waals surface area (Å²) in [7, 11) is -2.86. The van der Waals surface area contributed by atoms with Gasteiger partial charge in [0.05, 0.1) is 17.4 Å². The van der Waals surface area contributed by atoms with Crippen LogP contribution in [0.4, 0.5) is 0 Å². The maximum Gasteiger partial charge on any atom is 0.310 e. The van der Waals surface area contributed by atoms with E-state index >= 15 is 0 Å². The first-order chi connectivity index (χ1) is 22.5. The van der Waals surface area contributed by atoms with Crippen LogP contribution in [0.15, 0.2) is 35.5 Å². The zero-order chi connectivity index (χ0) is 34.5. The normalized spacial score (nSPS) is 46.4. The number of aliphatic carboxylic acids is 1. The number of carboxylic acids is 1. The van der Waals surface area contributed by atoms with Crippen molar-refractivity contribution in [3.05, 3.63) is 35.5 Å². The molecule has 268 valence electrons. The minimum absolute atomic E-state index is 0.0476. The van der Waals surface area contributed by atoms with Gasteiger partial charge < -0.3 is 15.3 Å². The lowest BCUT2D eigenvalue weighted by Gasteiger charge is -2.72. The Hall–Kier alpha value is -1.44. The number of carboxylic acid groups (broad SMARTS) is 1. The highest BCUT2D eigenvalue weighted by atomic mass is 32.2. The molecule has 7 rings (SSSR count). The second kappa shape index (κ2) is 11.8. The van der Waals surface area contributed by atoms with Crippen molar-refractivity contribution in [1.82, 2.24) is 10.2 Å². The zero-order valence-corrected chi connectivity index (χ0v) is 31.7. The molecule has 7 aliphatic rings. The summed E-state index contributed by atoms with van der Waals surface area (Å²) in [6.07, 6.45) is 17.6. The molecule has 1 unspecified atom stereocenters. The Morgan fingerprint density at radius 2 is 1.69 bits per heavy atom. The van der Waals surface area contributed by atoms with Gasteiger partial charge in [-0.2, -0.15) is 0 Å². The van der Waals surface area contributed by atoms with Crippen molar-refractivity contribution in [2.75, 3.05) is 37.7 Å². The fourth-order valence-corrected chi connectivity index (χ4v) is 15.5. The van der Waals surface area contributed by atoms with E-state index in [0.29, 0.717) is 54.2 Å². The van der Waals surface area contributed by atoms with E-state index in [-0.39, 0.29) is 33.1 Å². The molecule has 4 saturated carbocycles. The van der Waals surface area contributed by atoms with Crippen molar-refractivity contribution >= 4 is 15.8 Å². The molecular formula is C41H64N2O4S. The summed E-state index contributed by atoms with van der Waals surface area (Å²) in [5.74, 6) is 2.76. The Morgan fingerprint density at radius 1 is 0.958 bits per heavy atom. The SMILES string of the molecule is C=C(C)[C@@H]1CC[C@]2(NCCN3CCS(=O)(=O)CC3)CC[C@]3(C)[C@H](CC[C@@H]4[C@@]5(C)CC=C(C6=CC(C(=O)O)CC6)C(C)(C)[C@@H]5CC[C@]43C)[C@@H]12. The van der Waals surface area contributed by atoms with Gasteiger partial charge in [-0.1, -0.05) is 58.9 Å². The van der Waals surface area contributed by atoms with Crippen molar-refractivity contribution < 1.29 is 18.3 Å². The molecule has 10 atom stereocenters. The van der Waals surface area contributed by atoms with Gasteiger partial charge >= 0.3 is 5.97 Å². The number of sulfone groups is 1. The summed E-state index contributed by atoms with van der Waals surface area (Å²) in [5, 5.41) is 13.9. The number of allylic oxidation sites excluding steroid dienone is 4. The number of hydrogen-bond donors (Lipinski definition) is 2. The monoisotopic (exact) mass is 680 g/mol. The van der Waals surface area contributed by atoms with Gasteiger partial charge in [0, 0.05) is 31.7 Å². The number of nitrogens with one attached hydrogen (secondary N) is 1. The van der Waals surface area contributed by atoms with Crippen molar-refractivity contribution in [1.29, 1.82) is 0 Å². The molecule has 0 amide bonds. The smallest absolute Gasteiger partial charge is 0.310 e. The van der Waals surface area contributed by atoms with E-state index in [1.165, 1.54) is 68.1 Å². The number of fused-ring (bicyclic) bond motifs is 7. The maximum absolute atomic E-state index is 12.0. The van der Waals surface area contributed by atoms with Gasteiger partial charge in [0.15, 0.2) is 9.84 Å². The van der Waals surface area contributed by atoms with Crippen LogP contribution in [0.25, 0.3) is 0 Å². The summed E-state index contributed by atoms with van der Waals surface area (Å²) in [6.45, 7) is 23.1. The maximum atomic E-state index is 12.0. The Morgan fingerprint density at radius 3 is 2.35 bits per heavy atom. The van der Waals surface area contributed by atoms with Gasteiger partial charge in [0.25, 0.3) is 0 Å². The van der Waals surface area contributed by atoms with E-state index in [0.717, 1.165) is 32.4 Å². The summed E-state index contributed by atoms with van der Waals surface area (Å²) in [6, 6.07) is 0. The van der Waals surface area contributed by atoms with Crippen LogP contribution < -0.4 is 5.32 Å². The molecular weight excluding hydrogens is 617 g/mol. The molecule has 48 heavy (non-hydrogen) atoms. The highest BCUT2D eigenvalue weighted by molar-refractivity contribution is 7.91. The van der Waals surface area contributed by atoms with E-state index < -0.39 is 15.8 Å². The van der Waals surface area contributed by atoms with Crippen LogP contribution in [0.1, 0.15) is 112 Å². The predicted molar refractivity (Wildman–Crippen MR) is 194 cm³/mol. The van der Waals surface area contributed by atoms with Crippen LogP contribution in [0.3, 0.4) is 0 Å². The molecule has 1 saturated heterocycles. The number of rotatable bonds is 7. The first kappa shape index (κ1) is 35.0. The molecule has 0 aromatic rings. The Bertz CT molecular complexity index is 1500. The fourth-order valence-electron chi connectivity index (χ4n) is 14.2. The van der Waals surface area contributed by atoms with Gasteiger partial charge in [0.2, 0.25) is 0 Å². The molecule has 0 bridgehead atoms. The van der Waals surface area contributed by atoms with Crippen molar-refractivity contribution in [3.63, 3.8) is 0 Å². The van der Waals surface area contributed by atoms with E-state index in [1.54, 1.807) is 0 Å². The lowest BCUT2D eigenvalue weighted by atomic mass is 9.33. The van der Waals surface area contributed by atoms with Crippen LogP contribution in [-0.2, 0) is 14.6 Å². The molecule has 1 aliphatic heterocycles. The lowest BCUT2D eigenvalue weighted by molar-refractivity contribution is -0.221. The Balaban J connectivity index is 1.14. The number of nitrogens with zero attached hydrogens (tertiary/aromatic N) is 1. The van der Waals surface area contributed by atoms with Crippen LogP contribution in [-0.4, -0.2) is 67.6 Å². The van der Waals surface area contributed by atoms with E-state index in [2.05, 4.69) is 70.5 Å². The van der Waals surface area contributed by atoms with Gasteiger partial charge in [-0.3, -0.25) is 4.79 Å². The Labute approximate surface area is 291 Å². The standard InChI is InChI=1S/C41H64N2O4S/c1-27(2)30-12-17-41(42-20-21-43-22-24-48(46,47)25-23-43)19-18-39(6)32(35(30)41)10-11-34-38(5)15-13-31(28-8-9-29(26-28)36(44)45)37(3,4)33(38)14-16-40(34,39)7/h13,26,29-30,32-35,42H,1,8-12,14-25H2,2-7H3,(H,44,45)/t29?,30-,32+,33-,34+,35+,38-,39+,40+,41-/m0/s1. The topological polar surface area (TPSA) is 86.7 Å². The zero-order valence-electron chi connectivity index (χ0n) is 30.9. The molecule has 7 heteroatoms. The minimum Gasteiger partial charge on any atom is -0.481 e. The third kappa shape index (κ3) is 5.20. The second-order valence-corrected chi connectivity index (χ2v) is 21.3. The first-order valence-electron chi connectivity index (χ1n) is 19.5. The average Bonchev–Trinajstić information content (AvgIpc) is 3.64. The fraction of sp³-hybridized carbons (Fsp3) is 0.829. The average molecular weight is 681 g/mol. The summed E-state index contributed by atoms with van der Waals surface area (Å²) >= 11 is 0. The second-order valence-electron chi connectivity index (χ2n) is 19.0. The molecule has 0 aromatic carbocycles. The van der Waals surface area contributed by atoms with Crippen LogP contribution >= 0.6 is 0 Å². The first-order valence-corrected chi connectivity index (χ1v) is 21.3. The van der Waals surface area contributed by atoms with Crippen LogP contribution in [0.5, 0.6) is 0 Å². The van der Waals surface area contributed by atoms with E-state index in [9.17, 15) is 18.3 Å². The van der Waals surface area contributed by atoms with Crippen molar-refractivity contribution in [3.8, 4) is 0 Å². The molecule has 6 nitrogen and oxygen atoms in total. The van der Waals surface area contributed by atoms with E-state index in [1.807, 2.05) is 0 Å². The molecule has 1 heterocycles. The van der Waals surface area contributed by atoms with Crippen molar-refractivity contribution in [2.45, 2.75) is 118 Å². The molecule has 0 radical (unpaired) electrons. The number of hydrogen-bond acceptors (Lipinski definition) is 5. The molecule has 5 fully saturated rings. The molecule has 6 aliphatic carbocycles. The van der Waals surface area contributed by atoms with E-state index in [4.69, 9.17) is 0 Å². The third-order valence-corrected chi connectivity index (χ3v) is 18.4. The Kier molecular flexibility index (Phi) is 8.60. The van der Waals surface area contributed by atoms with Gasteiger partial charge in [-0.25, -0.2) is 8.42 Å². The van der Waals surface area contributed by atoms with Gasteiger partial charge in [-0.05, 0) is 140 Å². The molecule has 0 aromatic heterocycles. The predicted octanol–water partition coefficient (Wildman–Crippen LogP) is 7.67. The van der Waals surface area contributed by atoms with Crippen LogP contribution in [0.2, 0.25) is 0 Å². The van der Waals surface area contributed by atoms with Gasteiger partial charge in [-0.15, -0.1) is 0 Å².